The molecule has 0 bridgehead atoms. The van der Waals surface area contributed by atoms with Gasteiger partial charge in [-0.1, -0.05) is 26.2 Å². The van der Waals surface area contributed by atoms with Gasteiger partial charge in [0.2, 0.25) is 0 Å². The average molecular weight is 395 g/mol. The number of halogens is 2. The molecule has 0 aliphatic carbocycles. The van der Waals surface area contributed by atoms with E-state index in [1.165, 1.54) is 19.3 Å². The Morgan fingerprint density at radius 2 is 2.11 bits per heavy atom. The molecular formula is C15H20ClIO2. The molecule has 106 valence electrons. The number of carbonyl (C=O) groups is 1. The predicted molar refractivity (Wildman–Crippen MR) is 88.5 cm³/mol. The Kier molecular flexibility index (Phi) is 8.46. The van der Waals surface area contributed by atoms with Gasteiger partial charge in [0.25, 0.3) is 0 Å². The topological polar surface area (TPSA) is 26.3 Å². The van der Waals surface area contributed by atoms with Crippen LogP contribution in [-0.4, -0.2) is 18.3 Å². The van der Waals surface area contributed by atoms with E-state index in [0.29, 0.717) is 17.9 Å². The zero-order valence-corrected chi connectivity index (χ0v) is 14.2. The second-order valence-electron chi connectivity index (χ2n) is 4.42. The number of Topliss-reactive ketones (excluding diaryl/α,β-unsaturated/α-hetero) is 1. The second-order valence-corrected chi connectivity index (χ2v) is 5.96. The first kappa shape index (κ1) is 16.8. The Morgan fingerprint density at radius 3 is 2.74 bits per heavy atom. The summed E-state index contributed by atoms with van der Waals surface area (Å²) >= 11 is 7.79. The number of alkyl halides is 1. The number of rotatable bonds is 9. The first-order chi connectivity index (χ1) is 9.19. The number of ether oxygens (including phenoxy) is 1. The first-order valence-electron chi connectivity index (χ1n) is 6.70. The quantitative estimate of drug-likeness (QED) is 0.253. The lowest BCUT2D eigenvalue weighted by Crippen LogP contribution is -2.03. The molecule has 0 aromatic heterocycles. The van der Waals surface area contributed by atoms with Crippen molar-refractivity contribution in [3.8, 4) is 5.75 Å². The van der Waals surface area contributed by atoms with Gasteiger partial charge in [-0.3, -0.25) is 4.79 Å². The molecule has 0 N–H and O–H groups in total. The van der Waals surface area contributed by atoms with Gasteiger partial charge in [-0.15, -0.1) is 11.6 Å². The number of hydrogen-bond acceptors (Lipinski definition) is 2. The smallest absolute Gasteiger partial charge is 0.164 e. The molecule has 0 aliphatic rings. The lowest BCUT2D eigenvalue weighted by atomic mass is 10.1. The highest BCUT2D eigenvalue weighted by Gasteiger charge is 2.08. The van der Waals surface area contributed by atoms with Gasteiger partial charge in [0.15, 0.2) is 5.78 Å². The van der Waals surface area contributed by atoms with Gasteiger partial charge in [-0.05, 0) is 47.2 Å². The van der Waals surface area contributed by atoms with Crippen LogP contribution in [0.15, 0.2) is 18.2 Å². The predicted octanol–water partition coefficient (Wildman–Crippen LogP) is 5.06. The number of unbranched alkanes of at least 4 members (excludes halogenated alkanes) is 3. The highest BCUT2D eigenvalue weighted by molar-refractivity contribution is 14.1. The summed E-state index contributed by atoms with van der Waals surface area (Å²) in [5.74, 6) is 1.31. The standard InChI is InChI=1S/C15H20ClIO2/c1-2-3-4-5-10-19-15-7-6-12(11-13(15)17)14(18)8-9-16/h6-7,11H,2-5,8-10H2,1H3. The Labute approximate surface area is 134 Å². The van der Waals surface area contributed by atoms with Crippen LogP contribution in [0, 0.1) is 3.57 Å². The molecule has 0 atom stereocenters. The molecule has 0 amide bonds. The van der Waals surface area contributed by atoms with Crippen LogP contribution in [0.4, 0.5) is 0 Å². The molecule has 4 heteroatoms. The maximum atomic E-state index is 11.7. The van der Waals surface area contributed by atoms with Gasteiger partial charge in [0, 0.05) is 17.9 Å². The Morgan fingerprint density at radius 1 is 1.32 bits per heavy atom. The molecule has 0 unspecified atom stereocenters. The van der Waals surface area contributed by atoms with Gasteiger partial charge in [0.05, 0.1) is 10.2 Å². The lowest BCUT2D eigenvalue weighted by Gasteiger charge is -2.09. The second kappa shape index (κ2) is 9.59. The van der Waals surface area contributed by atoms with Crippen LogP contribution < -0.4 is 4.74 Å². The monoisotopic (exact) mass is 394 g/mol. The van der Waals surface area contributed by atoms with E-state index in [1.54, 1.807) is 0 Å². The molecule has 0 fully saturated rings. The van der Waals surface area contributed by atoms with Crippen molar-refractivity contribution in [1.29, 1.82) is 0 Å². The van der Waals surface area contributed by atoms with E-state index >= 15 is 0 Å². The van der Waals surface area contributed by atoms with E-state index in [1.807, 2.05) is 18.2 Å². The van der Waals surface area contributed by atoms with Crippen molar-refractivity contribution < 1.29 is 9.53 Å². The van der Waals surface area contributed by atoms with E-state index in [9.17, 15) is 4.79 Å². The van der Waals surface area contributed by atoms with Crippen molar-refractivity contribution in [2.24, 2.45) is 0 Å². The van der Waals surface area contributed by atoms with Crippen LogP contribution >= 0.6 is 34.2 Å². The molecule has 1 aromatic carbocycles. The summed E-state index contributed by atoms with van der Waals surface area (Å²) < 4.78 is 6.71. The third-order valence-electron chi connectivity index (χ3n) is 2.83. The molecule has 1 rings (SSSR count). The molecule has 1 aromatic rings. The minimum atomic E-state index is 0.0856. The number of hydrogen-bond donors (Lipinski definition) is 0. The maximum Gasteiger partial charge on any atom is 0.164 e. The van der Waals surface area contributed by atoms with Gasteiger partial charge in [-0.2, -0.15) is 0 Å². The van der Waals surface area contributed by atoms with Crippen LogP contribution in [0.2, 0.25) is 0 Å². The minimum Gasteiger partial charge on any atom is -0.492 e. The van der Waals surface area contributed by atoms with E-state index in [2.05, 4.69) is 29.5 Å². The molecule has 0 heterocycles. The largest absolute Gasteiger partial charge is 0.492 e. The normalized spacial score (nSPS) is 10.5. The van der Waals surface area contributed by atoms with Crippen molar-refractivity contribution in [3.63, 3.8) is 0 Å². The molecule has 2 nitrogen and oxygen atoms in total. The third kappa shape index (κ3) is 6.13. The highest BCUT2D eigenvalue weighted by atomic mass is 127. The van der Waals surface area contributed by atoms with Crippen LogP contribution in [0.5, 0.6) is 5.75 Å². The zero-order valence-electron chi connectivity index (χ0n) is 11.3. The van der Waals surface area contributed by atoms with Crippen molar-refractivity contribution in [2.45, 2.75) is 39.0 Å². The summed E-state index contributed by atoms with van der Waals surface area (Å²) in [6, 6.07) is 5.57. The maximum absolute atomic E-state index is 11.7. The van der Waals surface area contributed by atoms with E-state index in [-0.39, 0.29) is 5.78 Å². The summed E-state index contributed by atoms with van der Waals surface area (Å²) in [5, 5.41) is 0. The number of ketones is 1. The average Bonchev–Trinajstić information content (AvgIpc) is 2.40. The van der Waals surface area contributed by atoms with Crippen LogP contribution in [0.1, 0.15) is 49.4 Å². The molecule has 0 saturated heterocycles. The molecular weight excluding hydrogens is 375 g/mol. The molecule has 0 saturated carbocycles. The van der Waals surface area contributed by atoms with Gasteiger partial charge >= 0.3 is 0 Å². The molecule has 19 heavy (non-hydrogen) atoms. The lowest BCUT2D eigenvalue weighted by molar-refractivity contribution is 0.0989. The first-order valence-corrected chi connectivity index (χ1v) is 8.32. The van der Waals surface area contributed by atoms with Gasteiger partial charge in [0.1, 0.15) is 5.75 Å². The summed E-state index contributed by atoms with van der Waals surface area (Å²) in [4.78, 5) is 11.7. The Hall–Kier alpha value is -0.290. The summed E-state index contributed by atoms with van der Waals surface area (Å²) in [5.41, 5.74) is 0.711. The van der Waals surface area contributed by atoms with Crippen molar-refractivity contribution >= 4 is 40.0 Å². The van der Waals surface area contributed by atoms with Crippen molar-refractivity contribution in [1.82, 2.24) is 0 Å². The van der Waals surface area contributed by atoms with E-state index in [0.717, 1.165) is 22.3 Å². The van der Waals surface area contributed by atoms with Crippen LogP contribution in [-0.2, 0) is 0 Å². The van der Waals surface area contributed by atoms with E-state index in [4.69, 9.17) is 16.3 Å². The molecule has 0 spiro atoms. The van der Waals surface area contributed by atoms with Crippen LogP contribution in [0.3, 0.4) is 0 Å². The fourth-order valence-corrected chi connectivity index (χ4v) is 2.58. The Bertz CT molecular complexity index is 407. The molecule has 0 aliphatic heterocycles. The molecule has 0 radical (unpaired) electrons. The number of carbonyl (C=O) groups excluding carboxylic acids is 1. The van der Waals surface area contributed by atoms with Crippen molar-refractivity contribution in [2.75, 3.05) is 12.5 Å². The number of benzene rings is 1. The van der Waals surface area contributed by atoms with E-state index < -0.39 is 0 Å². The summed E-state index contributed by atoms with van der Waals surface area (Å²) in [6.07, 6.45) is 5.16. The van der Waals surface area contributed by atoms with Crippen LogP contribution in [0.25, 0.3) is 0 Å². The van der Waals surface area contributed by atoms with Gasteiger partial charge < -0.3 is 4.74 Å². The minimum absolute atomic E-state index is 0.0856. The van der Waals surface area contributed by atoms with Gasteiger partial charge in [-0.25, -0.2) is 0 Å². The summed E-state index contributed by atoms with van der Waals surface area (Å²) in [6.45, 7) is 2.94. The third-order valence-corrected chi connectivity index (χ3v) is 3.86. The van der Waals surface area contributed by atoms with Crippen molar-refractivity contribution in [3.05, 3.63) is 27.3 Å². The SMILES string of the molecule is CCCCCCOc1ccc(C(=O)CCCl)cc1I. The summed E-state index contributed by atoms with van der Waals surface area (Å²) in [7, 11) is 0. The Balaban J connectivity index is 2.50. The fourth-order valence-electron chi connectivity index (χ4n) is 1.73. The fraction of sp³-hybridized carbons (Fsp3) is 0.533. The highest BCUT2D eigenvalue weighted by Crippen LogP contribution is 2.23. The zero-order chi connectivity index (χ0) is 14.1.